The number of aliphatic hydroxyl groups is 2. The maximum atomic E-state index is 12.2. The van der Waals surface area contributed by atoms with Gasteiger partial charge in [-0.25, -0.2) is 0 Å². The molecular weight excluding hydrogens is 242 g/mol. The zero-order valence-electron chi connectivity index (χ0n) is 11.2. The number of hydrogen-bond acceptors (Lipinski definition) is 3. The summed E-state index contributed by atoms with van der Waals surface area (Å²) >= 11 is 0. The molecule has 1 aliphatic carbocycles. The monoisotopic (exact) mass is 263 g/mol. The average Bonchev–Trinajstić information content (AvgIpc) is 2.46. The molecule has 0 saturated carbocycles. The van der Waals surface area contributed by atoms with Gasteiger partial charge in [-0.2, -0.15) is 0 Å². The van der Waals surface area contributed by atoms with Gasteiger partial charge in [-0.1, -0.05) is 24.3 Å². The predicted molar refractivity (Wildman–Crippen MR) is 72.7 cm³/mol. The molecule has 2 rings (SSSR count). The maximum absolute atomic E-state index is 12.2. The highest BCUT2D eigenvalue weighted by Crippen LogP contribution is 2.25. The number of carbonyl (C=O) groups is 1. The third-order valence-corrected chi connectivity index (χ3v) is 3.84. The first kappa shape index (κ1) is 14.0. The topological polar surface area (TPSA) is 69.6 Å². The van der Waals surface area contributed by atoms with Gasteiger partial charge >= 0.3 is 0 Å². The first-order valence-corrected chi connectivity index (χ1v) is 6.68. The minimum Gasteiger partial charge on any atom is -0.394 e. The summed E-state index contributed by atoms with van der Waals surface area (Å²) in [6.07, 6.45) is 2.45. The summed E-state index contributed by atoms with van der Waals surface area (Å²) < 4.78 is 0. The van der Waals surface area contributed by atoms with Gasteiger partial charge in [0.05, 0.1) is 18.8 Å². The van der Waals surface area contributed by atoms with Gasteiger partial charge in [0.25, 0.3) is 0 Å². The first-order chi connectivity index (χ1) is 9.08. The summed E-state index contributed by atoms with van der Waals surface area (Å²) in [6, 6.07) is 8.18. The normalized spacial score (nSPS) is 18.8. The van der Waals surface area contributed by atoms with Gasteiger partial charge in [-0.05, 0) is 37.3 Å². The molecule has 1 aromatic carbocycles. The standard InChI is InChI=1S/C15H21NO3/c1-15(9-17,10-18)16-14(19)13-7-6-11-4-2-3-5-12(11)8-13/h2-5,13,17-18H,6-10H2,1H3,(H,16,19). The molecule has 1 amide bonds. The molecule has 0 saturated heterocycles. The fourth-order valence-corrected chi connectivity index (χ4v) is 2.45. The van der Waals surface area contributed by atoms with Crippen LogP contribution in [0.4, 0.5) is 0 Å². The number of nitrogens with one attached hydrogen (secondary N) is 1. The molecule has 1 unspecified atom stereocenters. The largest absolute Gasteiger partial charge is 0.394 e. The third kappa shape index (κ3) is 3.14. The van der Waals surface area contributed by atoms with Crippen LogP contribution in [0.15, 0.2) is 24.3 Å². The molecule has 1 aromatic rings. The summed E-state index contributed by atoms with van der Waals surface area (Å²) in [5, 5.41) is 21.2. The quantitative estimate of drug-likeness (QED) is 0.747. The molecule has 0 fully saturated rings. The number of amides is 1. The van der Waals surface area contributed by atoms with Gasteiger partial charge in [0.2, 0.25) is 5.91 Å². The van der Waals surface area contributed by atoms with Crippen LogP contribution in [-0.2, 0) is 17.6 Å². The number of aryl methyl sites for hydroxylation is 1. The second-order valence-electron chi connectivity index (χ2n) is 5.57. The van der Waals surface area contributed by atoms with E-state index in [-0.39, 0.29) is 25.0 Å². The highest BCUT2D eigenvalue weighted by atomic mass is 16.3. The molecule has 0 aliphatic heterocycles. The van der Waals surface area contributed by atoms with Crippen molar-refractivity contribution in [2.75, 3.05) is 13.2 Å². The van der Waals surface area contributed by atoms with E-state index in [1.807, 2.05) is 12.1 Å². The lowest BCUT2D eigenvalue weighted by Gasteiger charge is -2.30. The Morgan fingerprint density at radius 2 is 1.95 bits per heavy atom. The number of rotatable bonds is 4. The van der Waals surface area contributed by atoms with Crippen molar-refractivity contribution in [3.63, 3.8) is 0 Å². The lowest BCUT2D eigenvalue weighted by atomic mass is 9.83. The molecule has 0 bridgehead atoms. The average molecular weight is 263 g/mol. The zero-order chi connectivity index (χ0) is 13.9. The van der Waals surface area contributed by atoms with E-state index in [9.17, 15) is 15.0 Å². The van der Waals surface area contributed by atoms with Crippen LogP contribution in [0.5, 0.6) is 0 Å². The van der Waals surface area contributed by atoms with Crippen molar-refractivity contribution in [1.82, 2.24) is 5.32 Å². The summed E-state index contributed by atoms with van der Waals surface area (Å²) in [6.45, 7) is 1.11. The van der Waals surface area contributed by atoms with Gasteiger partial charge < -0.3 is 15.5 Å². The molecule has 0 spiro atoms. The first-order valence-electron chi connectivity index (χ1n) is 6.68. The molecule has 0 radical (unpaired) electrons. The summed E-state index contributed by atoms with van der Waals surface area (Å²) in [5.41, 5.74) is 1.61. The second kappa shape index (κ2) is 5.72. The minimum absolute atomic E-state index is 0.0766. The van der Waals surface area contributed by atoms with Crippen LogP contribution in [0.25, 0.3) is 0 Å². The van der Waals surface area contributed by atoms with E-state index >= 15 is 0 Å². The molecule has 4 heteroatoms. The van der Waals surface area contributed by atoms with Crippen LogP contribution in [0, 0.1) is 5.92 Å². The van der Waals surface area contributed by atoms with Crippen molar-refractivity contribution in [2.24, 2.45) is 5.92 Å². The number of fused-ring (bicyclic) bond motifs is 1. The van der Waals surface area contributed by atoms with E-state index < -0.39 is 5.54 Å². The highest BCUT2D eigenvalue weighted by molar-refractivity contribution is 5.80. The van der Waals surface area contributed by atoms with Crippen molar-refractivity contribution in [3.05, 3.63) is 35.4 Å². The molecular formula is C15H21NO3. The fourth-order valence-electron chi connectivity index (χ4n) is 2.45. The Bertz CT molecular complexity index is 454. The Hall–Kier alpha value is -1.39. The van der Waals surface area contributed by atoms with Crippen molar-refractivity contribution in [1.29, 1.82) is 0 Å². The van der Waals surface area contributed by atoms with Crippen LogP contribution < -0.4 is 5.32 Å². The number of aliphatic hydroxyl groups excluding tert-OH is 2. The number of carbonyl (C=O) groups excluding carboxylic acids is 1. The Morgan fingerprint density at radius 3 is 2.58 bits per heavy atom. The van der Waals surface area contributed by atoms with E-state index in [0.717, 1.165) is 19.3 Å². The van der Waals surface area contributed by atoms with Gasteiger partial charge in [-0.15, -0.1) is 0 Å². The molecule has 0 heterocycles. The maximum Gasteiger partial charge on any atom is 0.224 e. The lowest BCUT2D eigenvalue weighted by Crippen LogP contribution is -2.54. The zero-order valence-corrected chi connectivity index (χ0v) is 11.2. The van der Waals surface area contributed by atoms with Crippen LogP contribution in [0.3, 0.4) is 0 Å². The molecule has 1 aliphatic rings. The van der Waals surface area contributed by atoms with Crippen LogP contribution in [0.1, 0.15) is 24.5 Å². The van der Waals surface area contributed by atoms with Gasteiger partial charge in [0, 0.05) is 5.92 Å². The Kier molecular flexibility index (Phi) is 4.22. The van der Waals surface area contributed by atoms with Crippen molar-refractivity contribution in [3.8, 4) is 0 Å². The summed E-state index contributed by atoms with van der Waals surface area (Å²) in [4.78, 5) is 12.2. The predicted octanol–water partition coefficient (Wildman–Crippen LogP) is 0.651. The summed E-state index contributed by atoms with van der Waals surface area (Å²) in [5.74, 6) is -0.160. The van der Waals surface area contributed by atoms with E-state index in [4.69, 9.17) is 0 Å². The van der Waals surface area contributed by atoms with E-state index in [2.05, 4.69) is 17.4 Å². The lowest BCUT2D eigenvalue weighted by molar-refractivity contribution is -0.128. The second-order valence-corrected chi connectivity index (χ2v) is 5.57. The van der Waals surface area contributed by atoms with Gasteiger partial charge in [-0.3, -0.25) is 4.79 Å². The van der Waals surface area contributed by atoms with E-state index in [1.165, 1.54) is 11.1 Å². The van der Waals surface area contributed by atoms with E-state index in [0.29, 0.717) is 0 Å². The fraction of sp³-hybridized carbons (Fsp3) is 0.533. The Morgan fingerprint density at radius 1 is 1.32 bits per heavy atom. The minimum atomic E-state index is -0.936. The van der Waals surface area contributed by atoms with E-state index in [1.54, 1.807) is 6.92 Å². The molecule has 3 N–H and O–H groups in total. The molecule has 104 valence electrons. The molecule has 19 heavy (non-hydrogen) atoms. The van der Waals surface area contributed by atoms with Crippen LogP contribution in [-0.4, -0.2) is 34.9 Å². The van der Waals surface area contributed by atoms with Crippen molar-refractivity contribution >= 4 is 5.91 Å². The van der Waals surface area contributed by atoms with Gasteiger partial charge in [0.15, 0.2) is 0 Å². The number of hydrogen-bond donors (Lipinski definition) is 3. The number of benzene rings is 1. The SMILES string of the molecule is CC(CO)(CO)NC(=O)C1CCc2ccccc2C1. The van der Waals surface area contributed by atoms with Crippen LogP contribution in [0.2, 0.25) is 0 Å². The van der Waals surface area contributed by atoms with Crippen molar-refractivity contribution in [2.45, 2.75) is 31.7 Å². The highest BCUT2D eigenvalue weighted by Gasteiger charge is 2.30. The Labute approximate surface area is 113 Å². The van der Waals surface area contributed by atoms with Crippen LogP contribution >= 0.6 is 0 Å². The molecule has 4 nitrogen and oxygen atoms in total. The third-order valence-electron chi connectivity index (χ3n) is 3.84. The van der Waals surface area contributed by atoms with Gasteiger partial charge in [0.1, 0.15) is 0 Å². The van der Waals surface area contributed by atoms with Crippen molar-refractivity contribution < 1.29 is 15.0 Å². The Balaban J connectivity index is 2.03. The molecule has 0 aromatic heterocycles. The summed E-state index contributed by atoms with van der Waals surface area (Å²) in [7, 11) is 0. The smallest absolute Gasteiger partial charge is 0.224 e. The molecule has 1 atom stereocenters.